The zero-order valence-corrected chi connectivity index (χ0v) is 10.8. The summed E-state index contributed by atoms with van der Waals surface area (Å²) in [4.78, 5) is 6.65. The monoisotopic (exact) mass is 291 g/mol. The van der Waals surface area contributed by atoms with E-state index in [1.807, 2.05) is 18.3 Å². The van der Waals surface area contributed by atoms with Gasteiger partial charge in [-0.3, -0.25) is 0 Å². The number of halogens is 2. The van der Waals surface area contributed by atoms with Gasteiger partial charge >= 0.3 is 0 Å². The van der Waals surface area contributed by atoms with Crippen LogP contribution in [0.1, 0.15) is 12.8 Å². The van der Waals surface area contributed by atoms with E-state index in [2.05, 4.69) is 25.8 Å². The first kappa shape index (κ1) is 12.7. The predicted molar refractivity (Wildman–Crippen MR) is 68.6 cm³/mol. The number of hydrogen-bond donors (Lipinski definition) is 1. The molecule has 84 valence electrons. The molecule has 1 aromatic rings. The van der Waals surface area contributed by atoms with E-state index in [1.54, 1.807) is 0 Å². The lowest BCUT2D eigenvalue weighted by Crippen LogP contribution is -2.40. The highest BCUT2D eigenvalue weighted by atomic mass is 79.9. The van der Waals surface area contributed by atoms with Crippen LogP contribution in [0.4, 0.5) is 5.82 Å². The van der Waals surface area contributed by atoms with Gasteiger partial charge in [0, 0.05) is 29.8 Å². The van der Waals surface area contributed by atoms with Crippen molar-refractivity contribution in [2.75, 3.05) is 18.0 Å². The standard InChI is InChI=1S/C10H14BrN3.ClH/c11-8-1-2-10(13-7-8)14-5-3-9(12)4-6-14;/h1-2,7,9H,3-6,12H2;1H. The molecule has 0 spiro atoms. The number of piperidine rings is 1. The second kappa shape index (κ2) is 5.68. The zero-order valence-electron chi connectivity index (χ0n) is 8.40. The largest absolute Gasteiger partial charge is 0.357 e. The van der Waals surface area contributed by atoms with E-state index < -0.39 is 0 Å². The second-order valence-electron chi connectivity index (χ2n) is 3.66. The van der Waals surface area contributed by atoms with Crippen molar-refractivity contribution in [1.29, 1.82) is 0 Å². The maximum absolute atomic E-state index is 5.84. The molecule has 0 saturated carbocycles. The van der Waals surface area contributed by atoms with Gasteiger partial charge in [0.25, 0.3) is 0 Å². The maximum Gasteiger partial charge on any atom is 0.128 e. The molecule has 1 saturated heterocycles. The van der Waals surface area contributed by atoms with Gasteiger partial charge in [0.2, 0.25) is 0 Å². The van der Waals surface area contributed by atoms with Crippen molar-refractivity contribution in [1.82, 2.24) is 4.98 Å². The van der Waals surface area contributed by atoms with Crippen molar-refractivity contribution < 1.29 is 0 Å². The number of rotatable bonds is 1. The van der Waals surface area contributed by atoms with Crippen LogP contribution in [-0.4, -0.2) is 24.1 Å². The summed E-state index contributed by atoms with van der Waals surface area (Å²) in [5.41, 5.74) is 5.84. The van der Waals surface area contributed by atoms with Crippen LogP contribution in [0.2, 0.25) is 0 Å². The van der Waals surface area contributed by atoms with Gasteiger partial charge < -0.3 is 10.6 Å². The van der Waals surface area contributed by atoms with Crippen molar-refractivity contribution >= 4 is 34.2 Å². The van der Waals surface area contributed by atoms with Crippen molar-refractivity contribution in [2.45, 2.75) is 18.9 Å². The Morgan fingerprint density at radius 3 is 2.53 bits per heavy atom. The molecule has 3 nitrogen and oxygen atoms in total. The van der Waals surface area contributed by atoms with Gasteiger partial charge in [0.1, 0.15) is 5.82 Å². The SMILES string of the molecule is Cl.NC1CCN(c2ccc(Br)cn2)CC1. The molecule has 0 bridgehead atoms. The molecule has 2 heterocycles. The van der Waals surface area contributed by atoms with Crippen LogP contribution in [0.5, 0.6) is 0 Å². The van der Waals surface area contributed by atoms with Crippen LogP contribution < -0.4 is 10.6 Å². The minimum Gasteiger partial charge on any atom is -0.357 e. The maximum atomic E-state index is 5.84. The molecule has 0 aromatic carbocycles. The number of hydrogen-bond acceptors (Lipinski definition) is 3. The molecular formula is C10H15BrClN3. The second-order valence-corrected chi connectivity index (χ2v) is 4.57. The van der Waals surface area contributed by atoms with Crippen molar-refractivity contribution in [3.8, 4) is 0 Å². The Morgan fingerprint density at radius 1 is 1.33 bits per heavy atom. The Bertz CT molecular complexity index is 296. The van der Waals surface area contributed by atoms with Crippen molar-refractivity contribution in [3.63, 3.8) is 0 Å². The molecule has 0 aliphatic carbocycles. The summed E-state index contributed by atoms with van der Waals surface area (Å²) < 4.78 is 1.02. The average molecular weight is 293 g/mol. The summed E-state index contributed by atoms with van der Waals surface area (Å²) in [6.07, 6.45) is 3.97. The lowest BCUT2D eigenvalue weighted by atomic mass is 10.1. The third kappa shape index (κ3) is 3.33. The first-order chi connectivity index (χ1) is 6.75. The number of anilines is 1. The summed E-state index contributed by atoms with van der Waals surface area (Å²) >= 11 is 3.38. The third-order valence-electron chi connectivity index (χ3n) is 2.58. The van der Waals surface area contributed by atoms with E-state index >= 15 is 0 Å². The van der Waals surface area contributed by atoms with E-state index in [9.17, 15) is 0 Å². The van der Waals surface area contributed by atoms with Crippen LogP contribution in [-0.2, 0) is 0 Å². The molecule has 2 N–H and O–H groups in total. The first-order valence-electron chi connectivity index (χ1n) is 4.88. The minimum absolute atomic E-state index is 0. The van der Waals surface area contributed by atoms with Gasteiger partial charge in [0.15, 0.2) is 0 Å². The summed E-state index contributed by atoms with van der Waals surface area (Å²) in [5.74, 6) is 1.06. The molecule has 0 amide bonds. The van der Waals surface area contributed by atoms with Gasteiger partial charge in [-0.15, -0.1) is 12.4 Å². The fourth-order valence-corrected chi connectivity index (χ4v) is 1.92. The summed E-state index contributed by atoms with van der Waals surface area (Å²) in [6, 6.07) is 4.44. The molecule has 5 heteroatoms. The molecule has 2 rings (SSSR count). The van der Waals surface area contributed by atoms with Crippen LogP contribution in [0.15, 0.2) is 22.8 Å². The van der Waals surface area contributed by atoms with Gasteiger partial charge in [-0.25, -0.2) is 4.98 Å². The third-order valence-corrected chi connectivity index (χ3v) is 3.04. The Balaban J connectivity index is 0.00000112. The van der Waals surface area contributed by atoms with Crippen LogP contribution in [0.25, 0.3) is 0 Å². The fourth-order valence-electron chi connectivity index (χ4n) is 1.68. The molecule has 0 radical (unpaired) electrons. The molecule has 1 aliphatic rings. The Hall–Kier alpha value is -0.320. The minimum atomic E-state index is 0. The van der Waals surface area contributed by atoms with Crippen LogP contribution in [0, 0.1) is 0 Å². The Kier molecular flexibility index (Phi) is 4.83. The summed E-state index contributed by atoms with van der Waals surface area (Å²) in [7, 11) is 0. The van der Waals surface area contributed by atoms with E-state index in [-0.39, 0.29) is 12.4 Å². The van der Waals surface area contributed by atoms with E-state index in [0.29, 0.717) is 6.04 Å². The van der Waals surface area contributed by atoms with E-state index in [1.165, 1.54) is 0 Å². The Morgan fingerprint density at radius 2 is 2.00 bits per heavy atom. The number of nitrogens with zero attached hydrogens (tertiary/aromatic N) is 2. The van der Waals surface area contributed by atoms with E-state index in [4.69, 9.17) is 5.73 Å². The van der Waals surface area contributed by atoms with Gasteiger partial charge in [0.05, 0.1) is 0 Å². The predicted octanol–water partition coefficient (Wildman–Crippen LogP) is 2.19. The lowest BCUT2D eigenvalue weighted by molar-refractivity contribution is 0.498. The molecule has 15 heavy (non-hydrogen) atoms. The lowest BCUT2D eigenvalue weighted by Gasteiger charge is -2.30. The number of pyridine rings is 1. The number of aromatic nitrogens is 1. The van der Waals surface area contributed by atoms with E-state index in [0.717, 1.165) is 36.2 Å². The highest BCUT2D eigenvalue weighted by Crippen LogP contribution is 2.18. The van der Waals surface area contributed by atoms with Gasteiger partial charge in [-0.1, -0.05) is 0 Å². The molecular weight excluding hydrogens is 277 g/mol. The molecule has 0 unspecified atom stereocenters. The topological polar surface area (TPSA) is 42.1 Å². The van der Waals surface area contributed by atoms with Crippen molar-refractivity contribution in [3.05, 3.63) is 22.8 Å². The molecule has 1 aromatic heterocycles. The highest BCUT2D eigenvalue weighted by molar-refractivity contribution is 9.10. The van der Waals surface area contributed by atoms with Crippen LogP contribution >= 0.6 is 28.3 Å². The molecule has 1 fully saturated rings. The fraction of sp³-hybridized carbons (Fsp3) is 0.500. The normalized spacial score (nSPS) is 17.3. The van der Waals surface area contributed by atoms with Crippen LogP contribution in [0.3, 0.4) is 0 Å². The number of nitrogens with two attached hydrogens (primary N) is 1. The van der Waals surface area contributed by atoms with Gasteiger partial charge in [-0.2, -0.15) is 0 Å². The smallest absolute Gasteiger partial charge is 0.128 e. The van der Waals surface area contributed by atoms with Gasteiger partial charge in [-0.05, 0) is 40.9 Å². The Labute approximate surface area is 105 Å². The molecule has 0 atom stereocenters. The molecule has 1 aliphatic heterocycles. The first-order valence-corrected chi connectivity index (χ1v) is 5.67. The highest BCUT2D eigenvalue weighted by Gasteiger charge is 2.16. The average Bonchev–Trinajstić information content (AvgIpc) is 2.21. The summed E-state index contributed by atoms with van der Waals surface area (Å²) in [6.45, 7) is 2.05. The van der Waals surface area contributed by atoms with Crippen molar-refractivity contribution in [2.24, 2.45) is 5.73 Å². The quantitative estimate of drug-likeness (QED) is 0.863. The zero-order chi connectivity index (χ0) is 9.97. The summed E-state index contributed by atoms with van der Waals surface area (Å²) in [5, 5.41) is 0.